The van der Waals surface area contributed by atoms with Gasteiger partial charge in [0, 0.05) is 12.6 Å². The third-order valence-electron chi connectivity index (χ3n) is 3.74. The topological polar surface area (TPSA) is 45.0 Å². The van der Waals surface area contributed by atoms with Crippen molar-refractivity contribution in [3.63, 3.8) is 0 Å². The molecule has 0 fully saturated rings. The molecule has 0 bridgehead atoms. The molecule has 1 aliphatic carbocycles. The smallest absolute Gasteiger partial charge is 0.134 e. The summed E-state index contributed by atoms with van der Waals surface area (Å²) >= 11 is 1.72. The number of nitrogens with one attached hydrogen (secondary N) is 1. The number of methoxy groups -OCH3 is 1. The predicted molar refractivity (Wildman–Crippen MR) is 80.1 cm³/mol. The molecule has 1 aliphatic rings. The molecule has 1 N–H and O–H groups in total. The molecule has 0 amide bonds. The number of fused-ring (bicyclic) bond motifs is 1. The molecule has 20 heavy (non-hydrogen) atoms. The van der Waals surface area contributed by atoms with Crippen molar-refractivity contribution in [2.24, 2.45) is 0 Å². The summed E-state index contributed by atoms with van der Waals surface area (Å²) in [5, 5.41) is 14.6. The standard InChI is InChI=1S/C16H16N2OS/c1-19-15-4-5-20-16(15)10-18-14-7-12-3-2-11(9-17)6-13(12)8-14/h2-6,14,18H,7-8,10H2,1H3. The van der Waals surface area contributed by atoms with Gasteiger partial charge in [0.25, 0.3) is 0 Å². The second kappa shape index (κ2) is 5.66. The summed E-state index contributed by atoms with van der Waals surface area (Å²) in [5.41, 5.74) is 3.42. The molecule has 3 nitrogen and oxygen atoms in total. The van der Waals surface area contributed by atoms with Crippen LogP contribution in [0.25, 0.3) is 0 Å². The van der Waals surface area contributed by atoms with Crippen LogP contribution in [0.2, 0.25) is 0 Å². The maximum Gasteiger partial charge on any atom is 0.134 e. The first-order valence-corrected chi connectivity index (χ1v) is 7.53. The van der Waals surface area contributed by atoms with E-state index in [2.05, 4.69) is 22.8 Å². The summed E-state index contributed by atoms with van der Waals surface area (Å²) in [6.07, 6.45) is 2.03. The van der Waals surface area contributed by atoms with Gasteiger partial charge in [0.15, 0.2) is 0 Å². The maximum absolute atomic E-state index is 8.94. The lowest BCUT2D eigenvalue weighted by atomic mass is 10.1. The van der Waals surface area contributed by atoms with E-state index in [1.165, 1.54) is 16.0 Å². The van der Waals surface area contributed by atoms with Gasteiger partial charge in [-0.3, -0.25) is 0 Å². The van der Waals surface area contributed by atoms with Gasteiger partial charge in [-0.25, -0.2) is 0 Å². The summed E-state index contributed by atoms with van der Waals surface area (Å²) < 4.78 is 5.33. The van der Waals surface area contributed by atoms with Crippen LogP contribution < -0.4 is 10.1 Å². The van der Waals surface area contributed by atoms with Crippen molar-refractivity contribution < 1.29 is 4.74 Å². The van der Waals surface area contributed by atoms with Crippen molar-refractivity contribution in [2.75, 3.05) is 7.11 Å². The Balaban J connectivity index is 1.63. The lowest BCUT2D eigenvalue weighted by Gasteiger charge is -2.11. The Hall–Kier alpha value is -1.83. The highest BCUT2D eigenvalue weighted by atomic mass is 32.1. The molecule has 0 aliphatic heterocycles. The fraction of sp³-hybridized carbons (Fsp3) is 0.312. The van der Waals surface area contributed by atoms with E-state index in [9.17, 15) is 0 Å². The highest BCUT2D eigenvalue weighted by molar-refractivity contribution is 7.10. The second-order valence-electron chi connectivity index (χ2n) is 4.99. The predicted octanol–water partition coefficient (Wildman–Crippen LogP) is 2.89. The van der Waals surface area contributed by atoms with Gasteiger partial charge in [-0.2, -0.15) is 5.26 Å². The third-order valence-corrected chi connectivity index (χ3v) is 4.65. The van der Waals surface area contributed by atoms with Crippen molar-refractivity contribution in [3.05, 3.63) is 51.2 Å². The first-order valence-electron chi connectivity index (χ1n) is 6.66. The van der Waals surface area contributed by atoms with E-state index < -0.39 is 0 Å². The van der Waals surface area contributed by atoms with E-state index in [-0.39, 0.29) is 0 Å². The van der Waals surface area contributed by atoms with E-state index in [1.807, 2.05) is 18.2 Å². The average Bonchev–Trinajstić information content (AvgIpc) is 3.09. The normalized spacial score (nSPS) is 16.7. The summed E-state index contributed by atoms with van der Waals surface area (Å²) in [4.78, 5) is 1.24. The molecule has 1 unspecified atom stereocenters. The zero-order valence-electron chi connectivity index (χ0n) is 11.3. The van der Waals surface area contributed by atoms with Gasteiger partial charge in [-0.15, -0.1) is 11.3 Å². The average molecular weight is 284 g/mol. The van der Waals surface area contributed by atoms with Gasteiger partial charge < -0.3 is 10.1 Å². The lowest BCUT2D eigenvalue weighted by molar-refractivity contribution is 0.408. The molecule has 0 saturated heterocycles. The first kappa shape index (κ1) is 13.2. The van der Waals surface area contributed by atoms with Crippen molar-refractivity contribution in [3.8, 4) is 11.8 Å². The maximum atomic E-state index is 8.94. The Labute approximate surface area is 122 Å². The SMILES string of the molecule is COc1ccsc1CNC1Cc2ccc(C#N)cc2C1. The van der Waals surface area contributed by atoms with E-state index in [0.29, 0.717) is 6.04 Å². The van der Waals surface area contributed by atoms with Crippen molar-refractivity contribution in [2.45, 2.75) is 25.4 Å². The zero-order valence-corrected chi connectivity index (χ0v) is 12.2. The molecule has 0 radical (unpaired) electrons. The molecule has 3 rings (SSSR count). The van der Waals surface area contributed by atoms with Crippen molar-refractivity contribution in [1.29, 1.82) is 5.26 Å². The molecule has 1 aromatic heterocycles. The lowest BCUT2D eigenvalue weighted by Crippen LogP contribution is -2.28. The Morgan fingerprint density at radius 2 is 2.20 bits per heavy atom. The van der Waals surface area contributed by atoms with E-state index in [0.717, 1.165) is 30.7 Å². The highest BCUT2D eigenvalue weighted by Gasteiger charge is 2.21. The number of thiophene rings is 1. The molecule has 1 aromatic carbocycles. The molecule has 1 heterocycles. The summed E-state index contributed by atoms with van der Waals surface area (Å²) in [7, 11) is 1.71. The van der Waals surface area contributed by atoms with Crippen molar-refractivity contribution in [1.82, 2.24) is 5.32 Å². The van der Waals surface area contributed by atoms with Crippen LogP contribution in [0.3, 0.4) is 0 Å². The minimum atomic E-state index is 0.450. The Morgan fingerprint density at radius 3 is 3.00 bits per heavy atom. The van der Waals surface area contributed by atoms with Gasteiger partial charge >= 0.3 is 0 Å². The molecule has 2 aromatic rings. The van der Waals surface area contributed by atoms with Gasteiger partial charge in [-0.1, -0.05) is 6.07 Å². The minimum Gasteiger partial charge on any atom is -0.496 e. The van der Waals surface area contributed by atoms with Gasteiger partial charge in [0.1, 0.15) is 5.75 Å². The quantitative estimate of drug-likeness (QED) is 0.939. The van der Waals surface area contributed by atoms with Gasteiger partial charge in [0.05, 0.1) is 23.6 Å². The first-order chi connectivity index (χ1) is 9.80. The number of nitrogens with zero attached hydrogens (tertiary/aromatic N) is 1. The van der Waals surface area contributed by atoms with E-state index in [4.69, 9.17) is 10.00 Å². The molecule has 0 saturated carbocycles. The van der Waals surface area contributed by atoms with Crippen LogP contribution in [0.1, 0.15) is 21.6 Å². The monoisotopic (exact) mass is 284 g/mol. The van der Waals surface area contributed by atoms with E-state index >= 15 is 0 Å². The van der Waals surface area contributed by atoms with Crippen LogP contribution in [0.4, 0.5) is 0 Å². The van der Waals surface area contributed by atoms with Crippen LogP contribution in [-0.2, 0) is 19.4 Å². The summed E-state index contributed by atoms with van der Waals surface area (Å²) in [6.45, 7) is 0.838. The minimum absolute atomic E-state index is 0.450. The van der Waals surface area contributed by atoms with Crippen LogP contribution in [0.15, 0.2) is 29.6 Å². The Kier molecular flexibility index (Phi) is 3.72. The van der Waals surface area contributed by atoms with Crippen molar-refractivity contribution >= 4 is 11.3 Å². The molecular weight excluding hydrogens is 268 g/mol. The number of rotatable bonds is 4. The summed E-state index contributed by atoms with van der Waals surface area (Å²) in [6, 6.07) is 10.7. The van der Waals surface area contributed by atoms with Crippen LogP contribution in [0.5, 0.6) is 5.75 Å². The number of hydrogen-bond donors (Lipinski definition) is 1. The van der Waals surface area contributed by atoms with Gasteiger partial charge in [-0.05, 0) is 47.5 Å². The van der Waals surface area contributed by atoms with Crippen LogP contribution >= 0.6 is 11.3 Å². The molecule has 4 heteroatoms. The molecule has 1 atom stereocenters. The number of hydrogen-bond acceptors (Lipinski definition) is 4. The molecular formula is C16H16N2OS. The Bertz CT molecular complexity index is 657. The van der Waals surface area contributed by atoms with Crippen LogP contribution in [0, 0.1) is 11.3 Å². The molecule has 102 valence electrons. The number of nitriles is 1. The molecule has 0 spiro atoms. The number of benzene rings is 1. The third kappa shape index (κ3) is 2.55. The largest absolute Gasteiger partial charge is 0.496 e. The highest BCUT2D eigenvalue weighted by Crippen LogP contribution is 2.26. The summed E-state index contributed by atoms with van der Waals surface area (Å²) in [5.74, 6) is 0.963. The van der Waals surface area contributed by atoms with Crippen LogP contribution in [-0.4, -0.2) is 13.2 Å². The zero-order chi connectivity index (χ0) is 13.9. The second-order valence-corrected chi connectivity index (χ2v) is 5.99. The fourth-order valence-electron chi connectivity index (χ4n) is 2.71. The van der Waals surface area contributed by atoms with Gasteiger partial charge in [0.2, 0.25) is 0 Å². The van der Waals surface area contributed by atoms with E-state index in [1.54, 1.807) is 18.4 Å². The Morgan fingerprint density at radius 1 is 1.35 bits per heavy atom. The number of ether oxygens (including phenoxy) is 1. The fourth-order valence-corrected chi connectivity index (χ4v) is 3.50.